The van der Waals surface area contributed by atoms with E-state index in [-0.39, 0.29) is 17.2 Å². The molecule has 3 heterocycles. The highest BCUT2D eigenvalue weighted by Crippen LogP contribution is 2.35. The molecule has 1 amide bonds. The van der Waals surface area contributed by atoms with Gasteiger partial charge in [0, 0.05) is 37.0 Å². The molecule has 0 atom stereocenters. The van der Waals surface area contributed by atoms with Crippen molar-refractivity contribution in [1.29, 1.82) is 0 Å². The summed E-state index contributed by atoms with van der Waals surface area (Å²) in [7, 11) is 1.83. The van der Waals surface area contributed by atoms with Crippen molar-refractivity contribution in [1.82, 2.24) is 30.4 Å². The molecule has 4 N–H and O–H groups in total. The summed E-state index contributed by atoms with van der Waals surface area (Å²) in [6, 6.07) is 8.52. The summed E-state index contributed by atoms with van der Waals surface area (Å²) in [5, 5.41) is 20.6. The van der Waals surface area contributed by atoms with Gasteiger partial charge in [-0.1, -0.05) is 25.1 Å². The Labute approximate surface area is 201 Å². The molecule has 5 rings (SSSR count). The van der Waals surface area contributed by atoms with E-state index in [4.69, 9.17) is 0 Å². The first-order valence-corrected chi connectivity index (χ1v) is 11.7. The third kappa shape index (κ3) is 4.19. The fourth-order valence-corrected chi connectivity index (χ4v) is 4.51. The number of nitrogens with zero attached hydrogens (tertiary/aromatic N) is 3. The minimum Gasteiger partial charge on any atom is -0.508 e. The van der Waals surface area contributed by atoms with Crippen molar-refractivity contribution >= 4 is 22.4 Å². The fraction of sp³-hybridized carbons (Fsp3) is 0.269. The van der Waals surface area contributed by atoms with Gasteiger partial charge < -0.3 is 20.3 Å². The lowest BCUT2D eigenvalue weighted by atomic mass is 9.96. The first-order valence-electron chi connectivity index (χ1n) is 11.7. The van der Waals surface area contributed by atoms with Gasteiger partial charge in [-0.25, -0.2) is 9.37 Å². The van der Waals surface area contributed by atoms with Crippen molar-refractivity contribution in [3.8, 4) is 28.4 Å². The van der Waals surface area contributed by atoms with Gasteiger partial charge in [-0.2, -0.15) is 5.10 Å². The van der Waals surface area contributed by atoms with Crippen LogP contribution >= 0.6 is 0 Å². The van der Waals surface area contributed by atoms with Crippen LogP contribution in [0.25, 0.3) is 39.1 Å². The molecular formula is C26H27FN6O2. The number of H-pyrrole nitrogens is 2. The number of halogens is 1. The number of carbonyl (C=O) groups excluding carboxylic acids is 1. The summed E-state index contributed by atoms with van der Waals surface area (Å²) in [6.07, 6.45) is 4.87. The van der Waals surface area contributed by atoms with Crippen molar-refractivity contribution in [2.75, 3.05) is 26.7 Å². The Bertz CT molecular complexity index is 1440. The van der Waals surface area contributed by atoms with Crippen LogP contribution in [0.3, 0.4) is 0 Å². The number of rotatable bonds is 7. The van der Waals surface area contributed by atoms with Gasteiger partial charge in [-0.15, -0.1) is 0 Å². The minimum atomic E-state index is -0.425. The van der Waals surface area contributed by atoms with Gasteiger partial charge in [-0.3, -0.25) is 9.89 Å². The summed E-state index contributed by atoms with van der Waals surface area (Å²) in [6.45, 7) is 3.71. The van der Waals surface area contributed by atoms with Crippen LogP contribution in [-0.4, -0.2) is 62.8 Å². The molecular weight excluding hydrogens is 447 g/mol. The summed E-state index contributed by atoms with van der Waals surface area (Å²) in [5.41, 5.74) is 4.67. The number of phenols is 1. The number of aryl methyl sites for hydroxylation is 1. The van der Waals surface area contributed by atoms with Crippen molar-refractivity contribution < 1.29 is 14.3 Å². The first kappa shape index (κ1) is 22.8. The number of hydrogen-bond acceptors (Lipinski definition) is 5. The molecule has 0 unspecified atom stereocenters. The standard InChI is InChI=1S/C26H27FN6O2/c1-3-15-12-17(34)4-5-18(15)19-6-7-20-24(23(19)27)31-32-25(20)26-29-13-21(30-26)16-9-11-33(14-16)22(35)8-10-28-2/h4-7,9,12-13,28,34H,3,8,10-11,14H2,1-2H3,(H,29,30)(H,31,32). The van der Waals surface area contributed by atoms with E-state index >= 15 is 4.39 Å². The fourth-order valence-electron chi connectivity index (χ4n) is 4.51. The molecule has 9 heteroatoms. The number of carbonyl (C=O) groups is 1. The van der Waals surface area contributed by atoms with Crippen LogP contribution in [0.15, 0.2) is 42.6 Å². The Kier molecular flexibility index (Phi) is 6.08. The molecule has 180 valence electrons. The molecule has 2 aromatic carbocycles. The van der Waals surface area contributed by atoms with Crippen LogP contribution in [0.1, 0.15) is 24.6 Å². The topological polar surface area (TPSA) is 110 Å². The predicted octanol–water partition coefficient (Wildman–Crippen LogP) is 3.86. The smallest absolute Gasteiger partial charge is 0.224 e. The van der Waals surface area contributed by atoms with Crippen LogP contribution in [0.5, 0.6) is 5.75 Å². The highest BCUT2D eigenvalue weighted by molar-refractivity contribution is 5.95. The Morgan fingerprint density at radius 3 is 2.89 bits per heavy atom. The molecule has 0 bridgehead atoms. The average Bonchev–Trinajstić information content (AvgIpc) is 3.62. The molecule has 0 spiro atoms. The molecule has 0 saturated carbocycles. The van der Waals surface area contributed by atoms with Crippen molar-refractivity contribution in [3.63, 3.8) is 0 Å². The van der Waals surface area contributed by atoms with Crippen LogP contribution in [0.2, 0.25) is 0 Å². The quantitative estimate of drug-likeness (QED) is 0.325. The van der Waals surface area contributed by atoms with Crippen LogP contribution in [0.4, 0.5) is 4.39 Å². The third-order valence-corrected chi connectivity index (χ3v) is 6.44. The largest absolute Gasteiger partial charge is 0.508 e. The lowest BCUT2D eigenvalue weighted by Crippen LogP contribution is -2.30. The van der Waals surface area contributed by atoms with E-state index in [0.29, 0.717) is 54.9 Å². The lowest BCUT2D eigenvalue weighted by Gasteiger charge is -2.16. The second-order valence-electron chi connectivity index (χ2n) is 8.62. The van der Waals surface area contributed by atoms with E-state index < -0.39 is 5.82 Å². The van der Waals surface area contributed by atoms with Crippen molar-refractivity contribution in [3.05, 3.63) is 59.7 Å². The number of nitrogens with one attached hydrogen (secondary N) is 3. The van der Waals surface area contributed by atoms with E-state index in [1.54, 1.807) is 30.5 Å². The van der Waals surface area contributed by atoms with Crippen LogP contribution in [-0.2, 0) is 11.2 Å². The van der Waals surface area contributed by atoms with Crippen molar-refractivity contribution in [2.24, 2.45) is 0 Å². The average molecular weight is 475 g/mol. The zero-order valence-corrected chi connectivity index (χ0v) is 19.7. The van der Waals surface area contributed by atoms with Gasteiger partial charge >= 0.3 is 0 Å². The number of amides is 1. The number of imidazole rings is 1. The van der Waals surface area contributed by atoms with Gasteiger partial charge in [-0.05, 0) is 48.4 Å². The molecule has 8 nitrogen and oxygen atoms in total. The highest BCUT2D eigenvalue weighted by Gasteiger charge is 2.23. The van der Waals surface area contributed by atoms with Gasteiger partial charge in [0.05, 0.1) is 11.9 Å². The predicted molar refractivity (Wildman–Crippen MR) is 133 cm³/mol. The molecule has 1 aliphatic heterocycles. The van der Waals surface area contributed by atoms with E-state index in [9.17, 15) is 9.90 Å². The van der Waals surface area contributed by atoms with E-state index in [1.807, 2.05) is 31.0 Å². The molecule has 0 fully saturated rings. The summed E-state index contributed by atoms with van der Waals surface area (Å²) < 4.78 is 15.5. The molecule has 0 saturated heterocycles. The highest BCUT2D eigenvalue weighted by atomic mass is 19.1. The summed E-state index contributed by atoms with van der Waals surface area (Å²) in [5.74, 6) is 0.391. The van der Waals surface area contributed by atoms with Gasteiger partial charge in [0.1, 0.15) is 17.0 Å². The minimum absolute atomic E-state index is 0.107. The van der Waals surface area contributed by atoms with E-state index in [2.05, 4.69) is 25.5 Å². The number of phenolic OH excluding ortho intramolecular Hbond substituents is 1. The van der Waals surface area contributed by atoms with Crippen molar-refractivity contribution in [2.45, 2.75) is 19.8 Å². The molecule has 1 aliphatic rings. The number of aromatic hydroxyl groups is 1. The number of benzene rings is 2. The maximum absolute atomic E-state index is 15.5. The van der Waals surface area contributed by atoms with Gasteiger partial charge in [0.15, 0.2) is 11.6 Å². The Hall–Kier alpha value is -3.98. The maximum atomic E-state index is 15.5. The van der Waals surface area contributed by atoms with Gasteiger partial charge in [0.2, 0.25) is 5.91 Å². The SMILES string of the molecule is CCc1cc(O)ccc1-c1ccc2c(-c3ncc(C4=CCN(C(=O)CCNC)C4)[nH]3)[nH]nc2c1F. The Morgan fingerprint density at radius 2 is 2.09 bits per heavy atom. The number of fused-ring (bicyclic) bond motifs is 1. The number of aromatic amines is 2. The zero-order chi connectivity index (χ0) is 24.5. The monoisotopic (exact) mass is 474 g/mol. The van der Waals surface area contributed by atoms with E-state index in [0.717, 1.165) is 22.4 Å². The molecule has 2 aromatic heterocycles. The molecule has 0 radical (unpaired) electrons. The van der Waals surface area contributed by atoms with Crippen LogP contribution in [0, 0.1) is 5.82 Å². The number of hydrogen-bond donors (Lipinski definition) is 4. The normalized spacial score (nSPS) is 13.6. The summed E-state index contributed by atoms with van der Waals surface area (Å²) in [4.78, 5) is 21.9. The molecule has 0 aliphatic carbocycles. The lowest BCUT2D eigenvalue weighted by molar-refractivity contribution is -0.129. The van der Waals surface area contributed by atoms with Gasteiger partial charge in [0.25, 0.3) is 0 Å². The first-order chi connectivity index (χ1) is 17.0. The Morgan fingerprint density at radius 1 is 1.26 bits per heavy atom. The molecule has 4 aromatic rings. The van der Waals surface area contributed by atoms with Crippen LogP contribution < -0.4 is 5.32 Å². The third-order valence-electron chi connectivity index (χ3n) is 6.44. The second-order valence-corrected chi connectivity index (χ2v) is 8.62. The Balaban J connectivity index is 1.42. The maximum Gasteiger partial charge on any atom is 0.224 e. The number of aromatic nitrogens is 4. The summed E-state index contributed by atoms with van der Waals surface area (Å²) >= 11 is 0. The van der Waals surface area contributed by atoms with E-state index in [1.165, 1.54) is 0 Å². The second kappa shape index (κ2) is 9.34. The molecule has 35 heavy (non-hydrogen) atoms. The zero-order valence-electron chi connectivity index (χ0n) is 19.7.